The summed E-state index contributed by atoms with van der Waals surface area (Å²) in [7, 11) is 0. The first-order valence-corrected chi connectivity index (χ1v) is 23.8. The molecule has 3 saturated heterocycles. The summed E-state index contributed by atoms with van der Waals surface area (Å²) in [6, 6.07) is 0. The van der Waals surface area contributed by atoms with E-state index in [2.05, 4.69) is 34.6 Å². The van der Waals surface area contributed by atoms with Gasteiger partial charge in [0.2, 0.25) is 0 Å². The molecule has 0 aromatic carbocycles. The first kappa shape index (κ1) is 49.7. The highest BCUT2D eigenvalue weighted by Gasteiger charge is 2.84. The Balaban J connectivity index is 1.05. The van der Waals surface area contributed by atoms with Gasteiger partial charge in [-0.15, -0.1) is 0 Å². The summed E-state index contributed by atoms with van der Waals surface area (Å²) < 4.78 is 36.8. The molecule has 64 heavy (non-hydrogen) atoms. The highest BCUT2D eigenvalue weighted by atomic mass is 16.8. The molecule has 370 valence electrons. The zero-order chi connectivity index (χ0) is 46.9. The number of hydrogen-bond donors (Lipinski definition) is 12. The monoisotopic (exact) mass is 919 g/mol. The number of fused-ring (bicyclic) bond motifs is 2. The molecule has 15 unspecified atom stereocenters. The molecule has 5 saturated carbocycles. The average molecular weight is 919 g/mol. The zero-order valence-electron chi connectivity index (χ0n) is 38.4. The number of aliphatic hydroxyl groups is 12. The summed E-state index contributed by atoms with van der Waals surface area (Å²) in [6.07, 6.45) is -15.1. The molecule has 0 amide bonds. The van der Waals surface area contributed by atoms with Crippen LogP contribution in [0.5, 0.6) is 0 Å². The van der Waals surface area contributed by atoms with E-state index in [4.69, 9.17) is 28.4 Å². The van der Waals surface area contributed by atoms with Crippen LogP contribution < -0.4 is 0 Å². The summed E-state index contributed by atoms with van der Waals surface area (Å²) in [6.45, 7) is 13.0. The molecule has 0 bridgehead atoms. The normalized spacial score (nSPS) is 54.5. The number of rotatable bonds is 12. The molecule has 25 atom stereocenters. The standard InChI is InChI=1S/C46H78O18/c1-20(8-9-27(51)42(4,5)58)29-24(61-39-35(57)33(55)32(54)25(16-47)62-39)15-44(7)26-14-21(48)37-41(2,3)28(10-11-46(37)19-45(26,46)13-12-43(29,44)6)63-40-36(31(53)23(50)18-60-40)64-38-34(56)30(52)22(49)17-59-38/h20-40,47-58H,8-19H2,1-7H3/t20-,21+,22+,23-,24?,25?,26?,27?,28?,29?,30?,31?,32-,33?,34?,35?,36?,37?,38+,39-,40+,43-,44+,45?,46?/m1/s1. The molecule has 18 heteroatoms. The van der Waals surface area contributed by atoms with Gasteiger partial charge in [0.25, 0.3) is 0 Å². The van der Waals surface area contributed by atoms with E-state index in [0.29, 0.717) is 32.1 Å². The van der Waals surface area contributed by atoms with Gasteiger partial charge in [0, 0.05) is 0 Å². The van der Waals surface area contributed by atoms with Crippen molar-refractivity contribution in [1.29, 1.82) is 0 Å². The Morgan fingerprint density at radius 1 is 0.688 bits per heavy atom. The van der Waals surface area contributed by atoms with E-state index in [9.17, 15) is 61.3 Å². The minimum Gasteiger partial charge on any atom is -0.394 e. The van der Waals surface area contributed by atoms with Gasteiger partial charge < -0.3 is 89.7 Å². The lowest BCUT2D eigenvalue weighted by molar-refractivity contribution is -0.356. The van der Waals surface area contributed by atoms with Crippen LogP contribution in [-0.2, 0) is 28.4 Å². The number of aliphatic hydroxyl groups excluding tert-OH is 11. The van der Waals surface area contributed by atoms with E-state index in [1.807, 2.05) is 0 Å². The lowest BCUT2D eigenvalue weighted by atomic mass is 9.41. The molecule has 2 spiro atoms. The minimum atomic E-state index is -1.64. The fraction of sp³-hybridized carbons (Fsp3) is 1.00. The summed E-state index contributed by atoms with van der Waals surface area (Å²) in [5.74, 6) is -0.269. The van der Waals surface area contributed by atoms with E-state index in [1.165, 1.54) is 0 Å². The quantitative estimate of drug-likeness (QED) is 0.105. The van der Waals surface area contributed by atoms with Crippen LogP contribution in [0.3, 0.4) is 0 Å². The number of ether oxygens (including phenoxy) is 6. The molecule has 0 aromatic rings. The van der Waals surface area contributed by atoms with E-state index in [0.717, 1.165) is 25.7 Å². The van der Waals surface area contributed by atoms with Gasteiger partial charge >= 0.3 is 0 Å². The van der Waals surface area contributed by atoms with Crippen molar-refractivity contribution in [3.05, 3.63) is 0 Å². The van der Waals surface area contributed by atoms with Gasteiger partial charge in [-0.2, -0.15) is 0 Å². The first-order chi connectivity index (χ1) is 29.8. The molecule has 3 heterocycles. The Morgan fingerprint density at radius 2 is 1.33 bits per heavy atom. The van der Waals surface area contributed by atoms with Crippen LogP contribution >= 0.6 is 0 Å². The summed E-state index contributed by atoms with van der Waals surface area (Å²) in [5.41, 5.74) is -2.98. The third kappa shape index (κ3) is 7.68. The predicted octanol–water partition coefficient (Wildman–Crippen LogP) is -0.973. The second-order valence-corrected chi connectivity index (χ2v) is 23.1. The minimum absolute atomic E-state index is 0.0345. The van der Waals surface area contributed by atoms with Crippen molar-refractivity contribution in [2.45, 2.75) is 216 Å². The van der Waals surface area contributed by atoms with Crippen LogP contribution in [0.15, 0.2) is 0 Å². The summed E-state index contributed by atoms with van der Waals surface area (Å²) >= 11 is 0. The Hall–Kier alpha value is -0.720. The third-order valence-electron chi connectivity index (χ3n) is 19.0. The second-order valence-electron chi connectivity index (χ2n) is 23.1. The number of hydrogen-bond acceptors (Lipinski definition) is 18. The highest BCUT2D eigenvalue weighted by molar-refractivity contribution is 5.32. The molecule has 18 nitrogen and oxygen atoms in total. The maximum absolute atomic E-state index is 12.6. The van der Waals surface area contributed by atoms with Crippen LogP contribution in [0.4, 0.5) is 0 Å². The van der Waals surface area contributed by atoms with Crippen LogP contribution in [0, 0.1) is 50.7 Å². The molecule has 0 aromatic heterocycles. The van der Waals surface area contributed by atoms with Gasteiger partial charge in [0.1, 0.15) is 61.0 Å². The molecule has 12 N–H and O–H groups in total. The molecule has 3 aliphatic heterocycles. The molecule has 8 aliphatic rings. The van der Waals surface area contributed by atoms with Crippen molar-refractivity contribution in [3.63, 3.8) is 0 Å². The van der Waals surface area contributed by atoms with E-state index < -0.39 is 127 Å². The van der Waals surface area contributed by atoms with E-state index in [-0.39, 0.29) is 53.1 Å². The van der Waals surface area contributed by atoms with Crippen LogP contribution in [-0.4, -0.2) is 191 Å². The van der Waals surface area contributed by atoms with Gasteiger partial charge in [0.15, 0.2) is 18.9 Å². The Bertz CT molecular complexity index is 1650. The van der Waals surface area contributed by atoms with E-state index in [1.54, 1.807) is 13.8 Å². The molecule has 8 fully saturated rings. The molecular weight excluding hydrogens is 840 g/mol. The van der Waals surface area contributed by atoms with E-state index >= 15 is 0 Å². The average Bonchev–Trinajstić information content (AvgIpc) is 3.81. The van der Waals surface area contributed by atoms with Gasteiger partial charge in [-0.25, -0.2) is 0 Å². The summed E-state index contributed by atoms with van der Waals surface area (Å²) in [5, 5.41) is 129. The largest absolute Gasteiger partial charge is 0.394 e. The molecular formula is C46H78O18. The van der Waals surface area contributed by atoms with Crippen molar-refractivity contribution in [2.24, 2.45) is 50.7 Å². The Morgan fingerprint density at radius 3 is 1.98 bits per heavy atom. The maximum atomic E-state index is 12.6. The molecule has 8 rings (SSSR count). The highest BCUT2D eigenvalue weighted by Crippen LogP contribution is 2.89. The molecule has 5 aliphatic carbocycles. The summed E-state index contributed by atoms with van der Waals surface area (Å²) in [4.78, 5) is 0. The SMILES string of the molecule is C[C@H](CCC(O)C(C)(C)O)C1C(O[C@@H]2OC(CO)[C@@H](O)C(O)C2O)C[C@@]2(C)C3C[C@H](O)C4C(C)(C)C(O[C@@H]5OC[C@@H](O)C(O)C5O[C@@H]5OC[C@H](O)C(O)C5O)CCC45CC35CC[C@]12C. The second kappa shape index (κ2) is 17.3. The van der Waals surface area contributed by atoms with Crippen molar-refractivity contribution in [1.82, 2.24) is 0 Å². The van der Waals surface area contributed by atoms with Gasteiger partial charge in [-0.05, 0) is 122 Å². The van der Waals surface area contributed by atoms with Crippen molar-refractivity contribution < 1.29 is 89.7 Å². The lowest BCUT2D eigenvalue weighted by Gasteiger charge is -2.64. The maximum Gasteiger partial charge on any atom is 0.186 e. The van der Waals surface area contributed by atoms with Crippen LogP contribution in [0.25, 0.3) is 0 Å². The topological polar surface area (TPSA) is 298 Å². The smallest absolute Gasteiger partial charge is 0.186 e. The fourth-order valence-electron chi connectivity index (χ4n) is 15.4. The first-order valence-electron chi connectivity index (χ1n) is 23.8. The van der Waals surface area contributed by atoms with Crippen molar-refractivity contribution in [2.75, 3.05) is 19.8 Å². The van der Waals surface area contributed by atoms with Gasteiger partial charge in [0.05, 0.1) is 49.8 Å². The fourth-order valence-corrected chi connectivity index (χ4v) is 15.4. The van der Waals surface area contributed by atoms with Crippen LogP contribution in [0.2, 0.25) is 0 Å². The predicted molar refractivity (Wildman–Crippen MR) is 222 cm³/mol. The molecule has 0 radical (unpaired) electrons. The third-order valence-corrected chi connectivity index (χ3v) is 19.0. The van der Waals surface area contributed by atoms with Crippen molar-refractivity contribution >= 4 is 0 Å². The van der Waals surface area contributed by atoms with Crippen molar-refractivity contribution in [3.8, 4) is 0 Å². The lowest BCUT2D eigenvalue weighted by Crippen LogP contribution is -2.63. The zero-order valence-corrected chi connectivity index (χ0v) is 38.4. The Kier molecular flexibility index (Phi) is 13.4. The van der Waals surface area contributed by atoms with Crippen LogP contribution in [0.1, 0.15) is 106 Å². The van der Waals surface area contributed by atoms with Gasteiger partial charge in [-0.3, -0.25) is 0 Å². The Labute approximate surface area is 375 Å². The van der Waals surface area contributed by atoms with Gasteiger partial charge in [-0.1, -0.05) is 34.6 Å².